The Morgan fingerprint density at radius 2 is 1.44 bits per heavy atom. The van der Waals surface area contributed by atoms with E-state index in [1.165, 1.54) is 6.07 Å². The topological polar surface area (TPSA) is 86.6 Å². The molecule has 1 aromatic heterocycles. The van der Waals surface area contributed by atoms with Crippen molar-refractivity contribution in [3.63, 3.8) is 0 Å². The highest BCUT2D eigenvalue weighted by molar-refractivity contribution is 6.09. The van der Waals surface area contributed by atoms with Crippen LogP contribution in [0.2, 0.25) is 0 Å². The second kappa shape index (κ2) is 11.5. The van der Waals surface area contributed by atoms with Gasteiger partial charge in [-0.15, -0.1) is 0 Å². The molecule has 0 atom stereocenters. The van der Waals surface area contributed by atoms with Crippen LogP contribution in [0.4, 0.5) is 35.9 Å². The molecule has 1 fully saturated rings. The number of alkyl halides is 3. The Kier molecular flexibility index (Phi) is 7.85. The van der Waals surface area contributed by atoms with Crippen LogP contribution < -0.4 is 15.5 Å². The highest BCUT2D eigenvalue weighted by Gasteiger charge is 2.36. The highest BCUT2D eigenvalue weighted by atomic mass is 19.4. The van der Waals surface area contributed by atoms with Crippen molar-refractivity contribution in [1.29, 1.82) is 0 Å². The van der Waals surface area contributed by atoms with Gasteiger partial charge in [-0.3, -0.25) is 9.59 Å². The first-order valence-corrected chi connectivity index (χ1v) is 13.2. The summed E-state index contributed by atoms with van der Waals surface area (Å²) in [5.74, 6) is -0.491. The zero-order chi connectivity index (χ0) is 29.1. The third-order valence-corrected chi connectivity index (χ3v) is 7.12. The molecule has 0 bridgehead atoms. The van der Waals surface area contributed by atoms with Crippen molar-refractivity contribution in [2.24, 2.45) is 7.05 Å². The Morgan fingerprint density at radius 3 is 2.00 bits per heavy atom. The fourth-order valence-electron chi connectivity index (χ4n) is 4.86. The summed E-state index contributed by atoms with van der Waals surface area (Å²) in [6.07, 6.45) is -2.40. The zero-order valence-electron chi connectivity index (χ0n) is 22.3. The normalized spacial score (nSPS) is 14.1. The minimum absolute atomic E-state index is 0.0986. The Hall–Kier alpha value is -4.57. The van der Waals surface area contributed by atoms with Crippen LogP contribution in [0.1, 0.15) is 44.8 Å². The van der Waals surface area contributed by atoms with Crippen molar-refractivity contribution in [3.05, 3.63) is 107 Å². The third kappa shape index (κ3) is 6.44. The lowest BCUT2D eigenvalue weighted by atomic mass is 10.0. The predicted molar refractivity (Wildman–Crippen MR) is 152 cm³/mol. The number of carbonyl (C=O) groups excluding carboxylic acids is 2. The van der Waals surface area contributed by atoms with Crippen LogP contribution in [0.15, 0.2) is 85.1 Å². The number of benzene rings is 3. The van der Waals surface area contributed by atoms with Gasteiger partial charge in [0, 0.05) is 60.2 Å². The van der Waals surface area contributed by atoms with Gasteiger partial charge in [0.05, 0.1) is 11.7 Å². The maximum absolute atomic E-state index is 13.9. The number of aryl methyl sites for hydroxylation is 1. The van der Waals surface area contributed by atoms with Crippen LogP contribution in [0.5, 0.6) is 0 Å². The lowest BCUT2D eigenvalue weighted by molar-refractivity contribution is -0.137. The number of aliphatic hydroxyl groups excluding tert-OH is 1. The Morgan fingerprint density at radius 1 is 0.854 bits per heavy atom. The molecule has 10 heteroatoms. The van der Waals surface area contributed by atoms with Crippen LogP contribution in [-0.4, -0.2) is 40.6 Å². The molecule has 1 aliphatic heterocycles. The zero-order valence-corrected chi connectivity index (χ0v) is 22.3. The van der Waals surface area contributed by atoms with Crippen molar-refractivity contribution in [3.8, 4) is 0 Å². The summed E-state index contributed by atoms with van der Waals surface area (Å²) in [5, 5.41) is 15.5. The van der Waals surface area contributed by atoms with E-state index in [4.69, 9.17) is 0 Å². The number of carbonyl (C=O) groups is 2. The standard InChI is InChI=1S/C31H29F3N4O3/c1-37-16-2-3-28(37)30(41)36-23-10-6-21(7-11-23)29(40)20-4-8-22(9-5-20)35-24-12-13-27(26(19-24)31(32,33)34)38-17-14-25(39)15-18-38/h2-13,16,19,25,35,39H,14-15,17-18H2,1H3,(H,36,41). The fourth-order valence-corrected chi connectivity index (χ4v) is 4.86. The molecular weight excluding hydrogens is 533 g/mol. The van der Waals surface area contributed by atoms with Gasteiger partial charge in [-0.05, 0) is 91.7 Å². The summed E-state index contributed by atoms with van der Waals surface area (Å²) in [6, 6.07) is 20.6. The lowest BCUT2D eigenvalue weighted by Gasteiger charge is -2.33. The van der Waals surface area contributed by atoms with Crippen LogP contribution >= 0.6 is 0 Å². The first-order valence-electron chi connectivity index (χ1n) is 13.2. The average molecular weight is 563 g/mol. The molecule has 3 aromatic carbocycles. The van der Waals surface area contributed by atoms with E-state index in [1.54, 1.807) is 89.4 Å². The number of ketones is 1. The van der Waals surface area contributed by atoms with Crippen molar-refractivity contribution < 1.29 is 27.9 Å². The van der Waals surface area contributed by atoms with Gasteiger partial charge in [-0.2, -0.15) is 13.2 Å². The van der Waals surface area contributed by atoms with Gasteiger partial charge >= 0.3 is 6.18 Å². The number of aliphatic hydroxyl groups is 1. The molecule has 0 spiro atoms. The van der Waals surface area contributed by atoms with Gasteiger partial charge in [0.15, 0.2) is 5.78 Å². The largest absolute Gasteiger partial charge is 0.418 e. The van der Waals surface area contributed by atoms with Crippen LogP contribution in [-0.2, 0) is 13.2 Å². The minimum atomic E-state index is -4.54. The first kappa shape index (κ1) is 28.0. The quantitative estimate of drug-likeness (QED) is 0.233. The summed E-state index contributed by atoms with van der Waals surface area (Å²) < 4.78 is 43.4. The van der Waals surface area contributed by atoms with E-state index >= 15 is 0 Å². The van der Waals surface area contributed by atoms with Crippen molar-refractivity contribution in [2.45, 2.75) is 25.1 Å². The molecule has 2 heterocycles. The van der Waals surface area contributed by atoms with E-state index in [9.17, 15) is 27.9 Å². The number of nitrogens with one attached hydrogen (secondary N) is 2. The first-order chi connectivity index (χ1) is 19.6. The number of hydrogen-bond acceptors (Lipinski definition) is 5. The Bertz CT molecular complexity index is 1540. The Labute approximate surface area is 235 Å². The highest BCUT2D eigenvalue weighted by Crippen LogP contribution is 2.39. The lowest BCUT2D eigenvalue weighted by Crippen LogP contribution is -2.36. The van der Waals surface area contributed by atoms with Gasteiger partial charge in [0.1, 0.15) is 5.69 Å². The smallest absolute Gasteiger partial charge is 0.393 e. The number of piperidine rings is 1. The maximum Gasteiger partial charge on any atom is 0.418 e. The van der Waals surface area contributed by atoms with Gasteiger partial charge in [0.2, 0.25) is 0 Å². The van der Waals surface area contributed by atoms with Crippen LogP contribution in [0.3, 0.4) is 0 Å². The number of hydrogen-bond donors (Lipinski definition) is 3. The van der Waals surface area contributed by atoms with Crippen LogP contribution in [0.25, 0.3) is 0 Å². The molecule has 1 aliphatic rings. The third-order valence-electron chi connectivity index (χ3n) is 7.12. The van der Waals surface area contributed by atoms with Crippen LogP contribution in [0, 0.1) is 0 Å². The van der Waals surface area contributed by atoms with E-state index in [0.717, 1.165) is 6.07 Å². The van der Waals surface area contributed by atoms with E-state index < -0.39 is 17.8 Å². The Balaban J connectivity index is 1.25. The molecule has 212 valence electrons. The monoisotopic (exact) mass is 562 g/mol. The molecule has 3 N–H and O–H groups in total. The van der Waals surface area contributed by atoms with E-state index in [0.29, 0.717) is 54.1 Å². The second-order valence-electron chi connectivity index (χ2n) is 10.0. The number of halogens is 3. The number of amides is 1. The second-order valence-corrected chi connectivity index (χ2v) is 10.0. The fraction of sp³-hybridized carbons (Fsp3) is 0.226. The minimum Gasteiger partial charge on any atom is -0.393 e. The number of anilines is 4. The molecule has 0 radical (unpaired) electrons. The van der Waals surface area contributed by atoms with Crippen molar-refractivity contribution in [2.75, 3.05) is 28.6 Å². The van der Waals surface area contributed by atoms with Gasteiger partial charge in [-0.1, -0.05) is 0 Å². The molecule has 0 saturated carbocycles. The van der Waals surface area contributed by atoms with Crippen molar-refractivity contribution >= 4 is 34.4 Å². The summed E-state index contributed by atoms with van der Waals surface area (Å²) in [4.78, 5) is 27.0. The summed E-state index contributed by atoms with van der Waals surface area (Å²) in [6.45, 7) is 0.717. The van der Waals surface area contributed by atoms with Crippen molar-refractivity contribution in [1.82, 2.24) is 4.57 Å². The average Bonchev–Trinajstić information content (AvgIpc) is 3.39. The van der Waals surface area contributed by atoms with E-state index in [1.807, 2.05) is 0 Å². The molecule has 7 nitrogen and oxygen atoms in total. The predicted octanol–water partition coefficient (Wildman–Crippen LogP) is 6.23. The SMILES string of the molecule is Cn1cccc1C(=O)Nc1ccc(C(=O)c2ccc(Nc3ccc(N4CCC(O)CC4)c(C(F)(F)F)c3)cc2)cc1. The van der Waals surface area contributed by atoms with Gasteiger partial charge in [-0.25, -0.2) is 0 Å². The number of aromatic nitrogens is 1. The maximum atomic E-state index is 13.9. The molecule has 1 saturated heterocycles. The number of nitrogens with zero attached hydrogens (tertiary/aromatic N) is 2. The molecule has 4 aromatic rings. The molecule has 41 heavy (non-hydrogen) atoms. The summed E-state index contributed by atoms with van der Waals surface area (Å²) in [5.41, 5.74) is 2.05. The summed E-state index contributed by atoms with van der Waals surface area (Å²) in [7, 11) is 1.77. The van der Waals surface area contributed by atoms with E-state index in [2.05, 4.69) is 10.6 Å². The molecule has 0 unspecified atom stereocenters. The van der Waals surface area contributed by atoms with E-state index in [-0.39, 0.29) is 23.1 Å². The van der Waals surface area contributed by atoms with Gasteiger partial charge < -0.3 is 25.2 Å². The summed E-state index contributed by atoms with van der Waals surface area (Å²) >= 11 is 0. The number of rotatable bonds is 7. The molecule has 1 amide bonds. The molecular formula is C31H29F3N4O3. The van der Waals surface area contributed by atoms with Gasteiger partial charge in [0.25, 0.3) is 5.91 Å². The molecule has 5 rings (SSSR count). The molecule has 0 aliphatic carbocycles.